The van der Waals surface area contributed by atoms with E-state index in [1.54, 1.807) is 0 Å². The summed E-state index contributed by atoms with van der Waals surface area (Å²) >= 11 is 0. The summed E-state index contributed by atoms with van der Waals surface area (Å²) in [6, 6.07) is 7.77. The van der Waals surface area contributed by atoms with Crippen molar-refractivity contribution in [1.29, 1.82) is 0 Å². The van der Waals surface area contributed by atoms with Gasteiger partial charge in [0.05, 0.1) is 0 Å². The van der Waals surface area contributed by atoms with Crippen molar-refractivity contribution in [3.63, 3.8) is 0 Å². The van der Waals surface area contributed by atoms with Gasteiger partial charge in [0.1, 0.15) is 0 Å². The van der Waals surface area contributed by atoms with Gasteiger partial charge in [-0.05, 0) is 55.2 Å². The first-order valence-corrected chi connectivity index (χ1v) is 9.90. The highest BCUT2D eigenvalue weighted by atomic mass is 16.5. The van der Waals surface area contributed by atoms with Gasteiger partial charge in [0.15, 0.2) is 0 Å². The zero-order valence-electron chi connectivity index (χ0n) is 15.4. The Kier molecular flexibility index (Phi) is 6.67. The van der Waals surface area contributed by atoms with Gasteiger partial charge in [-0.3, -0.25) is 9.59 Å². The lowest BCUT2D eigenvalue weighted by Crippen LogP contribution is -2.44. The molecular formula is C21H30N2O3. The van der Waals surface area contributed by atoms with E-state index in [-0.39, 0.29) is 30.2 Å². The van der Waals surface area contributed by atoms with Crippen LogP contribution in [0.2, 0.25) is 0 Å². The first-order chi connectivity index (χ1) is 12.6. The molecule has 1 aromatic carbocycles. The minimum Gasteiger partial charge on any atom is -0.381 e. The molecule has 1 heterocycles. The predicted molar refractivity (Wildman–Crippen MR) is 101 cm³/mol. The number of hydrogen-bond acceptors (Lipinski definition) is 3. The van der Waals surface area contributed by atoms with Crippen LogP contribution in [-0.2, 0) is 9.53 Å². The third kappa shape index (κ3) is 5.07. The smallest absolute Gasteiger partial charge is 0.251 e. The van der Waals surface area contributed by atoms with Crippen molar-refractivity contribution in [1.82, 2.24) is 5.32 Å². The number of carbonyl (C=O) groups is 2. The SMILES string of the molecule is NC(=O)CC(NC(=O)c1ccc(C2CCCCC2)cc1)C1CCOCC1. The molecule has 5 heteroatoms. The number of rotatable bonds is 6. The monoisotopic (exact) mass is 358 g/mol. The predicted octanol–water partition coefficient (Wildman–Crippen LogP) is 3.13. The summed E-state index contributed by atoms with van der Waals surface area (Å²) in [4.78, 5) is 24.1. The van der Waals surface area contributed by atoms with E-state index in [1.165, 1.54) is 37.7 Å². The van der Waals surface area contributed by atoms with Crippen molar-refractivity contribution in [2.45, 2.75) is 63.3 Å². The van der Waals surface area contributed by atoms with E-state index >= 15 is 0 Å². The van der Waals surface area contributed by atoms with Crippen LogP contribution in [0.3, 0.4) is 0 Å². The Labute approximate surface area is 155 Å². The zero-order chi connectivity index (χ0) is 18.4. The summed E-state index contributed by atoms with van der Waals surface area (Å²) in [5.41, 5.74) is 7.37. The Morgan fingerprint density at radius 3 is 2.31 bits per heavy atom. The van der Waals surface area contributed by atoms with E-state index < -0.39 is 0 Å². The highest BCUT2D eigenvalue weighted by molar-refractivity contribution is 5.94. The number of ether oxygens (including phenoxy) is 1. The molecular weight excluding hydrogens is 328 g/mol. The van der Waals surface area contributed by atoms with Crippen LogP contribution in [0.5, 0.6) is 0 Å². The maximum absolute atomic E-state index is 12.7. The van der Waals surface area contributed by atoms with E-state index in [0.717, 1.165) is 12.8 Å². The molecule has 2 aliphatic rings. The lowest BCUT2D eigenvalue weighted by Gasteiger charge is -2.30. The van der Waals surface area contributed by atoms with Crippen LogP contribution in [0.25, 0.3) is 0 Å². The highest BCUT2D eigenvalue weighted by Gasteiger charge is 2.27. The topological polar surface area (TPSA) is 81.4 Å². The van der Waals surface area contributed by atoms with Crippen molar-refractivity contribution in [2.75, 3.05) is 13.2 Å². The molecule has 3 N–H and O–H groups in total. The molecule has 2 amide bonds. The number of primary amides is 1. The maximum atomic E-state index is 12.7. The van der Waals surface area contributed by atoms with Gasteiger partial charge in [0.25, 0.3) is 5.91 Å². The third-order valence-electron chi connectivity index (χ3n) is 5.82. The summed E-state index contributed by atoms with van der Waals surface area (Å²) in [5.74, 6) is 0.361. The number of amides is 2. The number of nitrogens with two attached hydrogens (primary N) is 1. The molecule has 1 aliphatic heterocycles. The molecule has 0 aromatic heterocycles. The van der Waals surface area contributed by atoms with Crippen LogP contribution in [0.4, 0.5) is 0 Å². The van der Waals surface area contributed by atoms with Gasteiger partial charge in [0.2, 0.25) is 5.91 Å². The molecule has 26 heavy (non-hydrogen) atoms. The van der Waals surface area contributed by atoms with E-state index in [4.69, 9.17) is 10.5 Å². The van der Waals surface area contributed by atoms with Crippen molar-refractivity contribution in [2.24, 2.45) is 11.7 Å². The molecule has 2 fully saturated rings. The highest BCUT2D eigenvalue weighted by Crippen LogP contribution is 2.32. The molecule has 1 saturated carbocycles. The standard InChI is InChI=1S/C21H30N2O3/c22-20(24)14-19(17-10-12-26-13-11-17)23-21(25)18-8-6-16(7-9-18)15-4-2-1-3-5-15/h6-9,15,17,19H,1-5,10-14H2,(H2,22,24)(H,23,25). The van der Waals surface area contributed by atoms with E-state index in [0.29, 0.717) is 24.7 Å². The van der Waals surface area contributed by atoms with Crippen molar-refractivity contribution in [3.8, 4) is 0 Å². The molecule has 0 spiro atoms. The lowest BCUT2D eigenvalue weighted by atomic mass is 9.84. The van der Waals surface area contributed by atoms with Gasteiger partial charge < -0.3 is 15.8 Å². The van der Waals surface area contributed by atoms with Gasteiger partial charge in [-0.1, -0.05) is 31.4 Å². The Bertz CT molecular complexity index is 602. The molecule has 1 atom stereocenters. The first-order valence-electron chi connectivity index (χ1n) is 9.90. The average molecular weight is 358 g/mol. The Morgan fingerprint density at radius 1 is 1.04 bits per heavy atom. The van der Waals surface area contributed by atoms with E-state index in [9.17, 15) is 9.59 Å². The molecule has 1 aliphatic carbocycles. The van der Waals surface area contributed by atoms with Gasteiger partial charge in [-0.2, -0.15) is 0 Å². The second kappa shape index (κ2) is 9.17. The molecule has 3 rings (SSSR count). The molecule has 1 saturated heterocycles. The summed E-state index contributed by atoms with van der Waals surface area (Å²) in [6.07, 6.45) is 8.30. The molecule has 142 valence electrons. The average Bonchev–Trinajstić information content (AvgIpc) is 2.68. The lowest BCUT2D eigenvalue weighted by molar-refractivity contribution is -0.118. The number of benzene rings is 1. The van der Waals surface area contributed by atoms with Crippen LogP contribution in [0.15, 0.2) is 24.3 Å². The number of hydrogen-bond donors (Lipinski definition) is 2. The minimum absolute atomic E-state index is 0.127. The second-order valence-corrected chi connectivity index (χ2v) is 7.66. The Morgan fingerprint density at radius 2 is 1.69 bits per heavy atom. The van der Waals surface area contributed by atoms with Crippen LogP contribution >= 0.6 is 0 Å². The van der Waals surface area contributed by atoms with Crippen LogP contribution < -0.4 is 11.1 Å². The zero-order valence-corrected chi connectivity index (χ0v) is 15.4. The second-order valence-electron chi connectivity index (χ2n) is 7.66. The number of carbonyl (C=O) groups excluding carboxylic acids is 2. The van der Waals surface area contributed by atoms with Crippen molar-refractivity contribution >= 4 is 11.8 Å². The van der Waals surface area contributed by atoms with Crippen molar-refractivity contribution in [3.05, 3.63) is 35.4 Å². The minimum atomic E-state index is -0.380. The molecule has 1 unspecified atom stereocenters. The van der Waals surface area contributed by atoms with Crippen molar-refractivity contribution < 1.29 is 14.3 Å². The van der Waals surface area contributed by atoms with E-state index in [2.05, 4.69) is 17.4 Å². The quantitative estimate of drug-likeness (QED) is 0.820. The van der Waals surface area contributed by atoms with Gasteiger partial charge in [-0.25, -0.2) is 0 Å². The van der Waals surface area contributed by atoms with Gasteiger partial charge in [0, 0.05) is 31.2 Å². The molecule has 0 radical (unpaired) electrons. The third-order valence-corrected chi connectivity index (χ3v) is 5.82. The fourth-order valence-electron chi connectivity index (χ4n) is 4.26. The first kappa shape index (κ1) is 18.9. The van der Waals surface area contributed by atoms with Gasteiger partial charge >= 0.3 is 0 Å². The van der Waals surface area contributed by atoms with E-state index in [1.807, 2.05) is 12.1 Å². The summed E-state index contributed by atoms with van der Waals surface area (Å²) in [6.45, 7) is 1.35. The van der Waals surface area contributed by atoms with Gasteiger partial charge in [-0.15, -0.1) is 0 Å². The summed E-state index contributed by atoms with van der Waals surface area (Å²) in [5, 5.41) is 3.04. The fourth-order valence-corrected chi connectivity index (χ4v) is 4.26. The fraction of sp³-hybridized carbons (Fsp3) is 0.619. The summed E-state index contributed by atoms with van der Waals surface area (Å²) < 4.78 is 5.39. The maximum Gasteiger partial charge on any atom is 0.251 e. The van der Waals surface area contributed by atoms with Crippen LogP contribution in [0.1, 0.15) is 73.2 Å². The Balaban J connectivity index is 1.63. The summed E-state index contributed by atoms with van der Waals surface area (Å²) in [7, 11) is 0. The largest absolute Gasteiger partial charge is 0.381 e. The molecule has 5 nitrogen and oxygen atoms in total. The number of nitrogens with one attached hydrogen (secondary N) is 1. The molecule has 1 aromatic rings. The normalized spacial score (nSPS) is 20.5. The molecule has 0 bridgehead atoms. The van der Waals surface area contributed by atoms with Crippen LogP contribution in [-0.4, -0.2) is 31.1 Å². The van der Waals surface area contributed by atoms with Crippen LogP contribution in [0, 0.1) is 5.92 Å². The Hall–Kier alpha value is -1.88.